The molecule has 0 aromatic heterocycles. The summed E-state index contributed by atoms with van der Waals surface area (Å²) in [5.41, 5.74) is 0. The molecular formula is C6H9O2. The van der Waals surface area contributed by atoms with Crippen molar-refractivity contribution in [2.45, 2.75) is 13.3 Å². The number of hydrogen-bond donors (Lipinski definition) is 0. The smallest absolute Gasteiger partial charge is 0.310 e. The summed E-state index contributed by atoms with van der Waals surface area (Å²) < 4.78 is 4.46. The highest BCUT2D eigenvalue weighted by Gasteiger charge is 1.90. The molecule has 0 spiro atoms. The Balaban J connectivity index is 3.25. The second-order valence-electron chi connectivity index (χ2n) is 1.21. The van der Waals surface area contributed by atoms with Crippen LogP contribution in [0.2, 0.25) is 0 Å². The van der Waals surface area contributed by atoms with Gasteiger partial charge in [0.25, 0.3) is 0 Å². The van der Waals surface area contributed by atoms with Gasteiger partial charge in [-0.3, -0.25) is 4.79 Å². The lowest BCUT2D eigenvalue weighted by Crippen LogP contribution is -1.94. The minimum atomic E-state index is -0.303. The van der Waals surface area contributed by atoms with E-state index in [1.165, 1.54) is 6.26 Å². The molecule has 0 rings (SSSR count). The third kappa shape index (κ3) is 3.40. The molecular weight excluding hydrogens is 104 g/mol. The molecule has 0 aliphatic heterocycles. The Kier molecular flexibility index (Phi) is 3.94. The zero-order valence-electron chi connectivity index (χ0n) is 4.89. The molecule has 0 heterocycles. The molecule has 0 bridgehead atoms. The highest BCUT2D eigenvalue weighted by Crippen LogP contribution is 1.83. The van der Waals surface area contributed by atoms with Crippen LogP contribution in [0, 0.1) is 6.92 Å². The van der Waals surface area contributed by atoms with E-state index < -0.39 is 0 Å². The Hall–Kier alpha value is -0.790. The van der Waals surface area contributed by atoms with Crippen LogP contribution in [-0.2, 0) is 9.53 Å². The van der Waals surface area contributed by atoms with Gasteiger partial charge in [0.15, 0.2) is 0 Å². The summed E-state index contributed by atoms with van der Waals surface area (Å²) in [7, 11) is 0. The van der Waals surface area contributed by atoms with E-state index in [1.807, 2.05) is 0 Å². The summed E-state index contributed by atoms with van der Waals surface area (Å²) in [4.78, 5) is 10.2. The van der Waals surface area contributed by atoms with Crippen molar-refractivity contribution in [3.63, 3.8) is 0 Å². The number of esters is 1. The van der Waals surface area contributed by atoms with Crippen molar-refractivity contribution < 1.29 is 9.53 Å². The highest BCUT2D eigenvalue weighted by molar-refractivity contribution is 5.70. The van der Waals surface area contributed by atoms with E-state index in [9.17, 15) is 4.79 Å². The first kappa shape index (κ1) is 7.21. The SMILES string of the molecule is [CH2]CC(=O)OC=CC. The van der Waals surface area contributed by atoms with Gasteiger partial charge in [-0.2, -0.15) is 0 Å². The summed E-state index contributed by atoms with van der Waals surface area (Å²) in [5.74, 6) is -0.303. The van der Waals surface area contributed by atoms with Crippen molar-refractivity contribution in [1.82, 2.24) is 0 Å². The van der Waals surface area contributed by atoms with Crippen LogP contribution in [0.3, 0.4) is 0 Å². The van der Waals surface area contributed by atoms with E-state index in [0.29, 0.717) is 0 Å². The lowest BCUT2D eigenvalue weighted by Gasteiger charge is -1.90. The van der Waals surface area contributed by atoms with E-state index in [2.05, 4.69) is 11.7 Å². The van der Waals surface area contributed by atoms with Gasteiger partial charge >= 0.3 is 5.97 Å². The van der Waals surface area contributed by atoms with Gasteiger partial charge in [0.1, 0.15) is 0 Å². The minimum absolute atomic E-state index is 0.185. The Morgan fingerprint density at radius 1 is 1.88 bits per heavy atom. The van der Waals surface area contributed by atoms with Crippen LogP contribution in [-0.4, -0.2) is 5.97 Å². The molecule has 0 aliphatic rings. The number of ether oxygens (including phenoxy) is 1. The first-order chi connectivity index (χ1) is 3.81. The molecule has 1 radical (unpaired) electrons. The maximum Gasteiger partial charge on any atom is 0.310 e. The fourth-order valence-corrected chi connectivity index (χ4v) is 0.203. The molecule has 0 atom stereocenters. The van der Waals surface area contributed by atoms with Crippen molar-refractivity contribution >= 4 is 5.97 Å². The van der Waals surface area contributed by atoms with Crippen molar-refractivity contribution in [3.8, 4) is 0 Å². The summed E-state index contributed by atoms with van der Waals surface area (Å²) in [5, 5.41) is 0. The van der Waals surface area contributed by atoms with Gasteiger partial charge in [-0.15, -0.1) is 0 Å². The van der Waals surface area contributed by atoms with Crippen molar-refractivity contribution in [2.75, 3.05) is 0 Å². The molecule has 8 heavy (non-hydrogen) atoms. The Bertz CT molecular complexity index is 94.7. The van der Waals surface area contributed by atoms with Crippen LogP contribution in [0.5, 0.6) is 0 Å². The average Bonchev–Trinajstić information content (AvgIpc) is 1.83. The number of carbonyl (C=O) groups excluding carboxylic acids is 1. The van der Waals surface area contributed by atoms with Crippen LogP contribution < -0.4 is 0 Å². The summed E-state index contributed by atoms with van der Waals surface area (Å²) in [6.45, 7) is 5.10. The quantitative estimate of drug-likeness (QED) is 0.398. The Morgan fingerprint density at radius 3 is 2.88 bits per heavy atom. The molecule has 0 saturated carbocycles. The second kappa shape index (κ2) is 4.37. The number of hydrogen-bond acceptors (Lipinski definition) is 2. The molecule has 0 saturated heterocycles. The molecule has 0 N–H and O–H groups in total. The number of rotatable bonds is 2. The van der Waals surface area contributed by atoms with Crippen LogP contribution in [0.25, 0.3) is 0 Å². The molecule has 0 unspecified atom stereocenters. The fourth-order valence-electron chi connectivity index (χ4n) is 0.203. The molecule has 0 aliphatic carbocycles. The van der Waals surface area contributed by atoms with Crippen LogP contribution in [0.1, 0.15) is 13.3 Å². The number of carbonyl (C=O) groups is 1. The van der Waals surface area contributed by atoms with E-state index in [-0.39, 0.29) is 12.4 Å². The van der Waals surface area contributed by atoms with Crippen LogP contribution in [0.4, 0.5) is 0 Å². The summed E-state index contributed by atoms with van der Waals surface area (Å²) in [6.07, 6.45) is 3.17. The van der Waals surface area contributed by atoms with Gasteiger partial charge in [-0.1, -0.05) is 6.08 Å². The second-order valence-corrected chi connectivity index (χ2v) is 1.21. The first-order valence-electron chi connectivity index (χ1n) is 2.41. The first-order valence-corrected chi connectivity index (χ1v) is 2.41. The van der Waals surface area contributed by atoms with Gasteiger partial charge in [0.05, 0.1) is 6.26 Å². The van der Waals surface area contributed by atoms with Crippen molar-refractivity contribution in [3.05, 3.63) is 19.3 Å². The number of allylic oxidation sites excluding steroid dienone is 1. The average molecular weight is 113 g/mol. The molecule has 45 valence electrons. The Labute approximate surface area is 49.1 Å². The normalized spacial score (nSPS) is 9.75. The molecule has 2 nitrogen and oxygen atoms in total. The van der Waals surface area contributed by atoms with Crippen molar-refractivity contribution in [2.24, 2.45) is 0 Å². The zero-order chi connectivity index (χ0) is 6.41. The molecule has 0 amide bonds. The van der Waals surface area contributed by atoms with Gasteiger partial charge in [0, 0.05) is 6.42 Å². The van der Waals surface area contributed by atoms with E-state index in [4.69, 9.17) is 0 Å². The predicted molar refractivity (Wildman–Crippen MR) is 30.9 cm³/mol. The zero-order valence-corrected chi connectivity index (χ0v) is 4.89. The lowest BCUT2D eigenvalue weighted by molar-refractivity contribution is -0.137. The van der Waals surface area contributed by atoms with E-state index >= 15 is 0 Å². The van der Waals surface area contributed by atoms with Crippen molar-refractivity contribution in [1.29, 1.82) is 0 Å². The monoisotopic (exact) mass is 113 g/mol. The molecule has 0 fully saturated rings. The third-order valence-electron chi connectivity index (χ3n) is 0.540. The minimum Gasteiger partial charge on any atom is -0.435 e. The van der Waals surface area contributed by atoms with Gasteiger partial charge < -0.3 is 4.74 Å². The van der Waals surface area contributed by atoms with E-state index in [0.717, 1.165) is 0 Å². The largest absolute Gasteiger partial charge is 0.435 e. The maximum atomic E-state index is 10.2. The standard InChI is InChI=1S/C6H9O2/c1-3-5-8-6(7)4-2/h3,5H,2,4H2,1H3. The fraction of sp³-hybridized carbons (Fsp3) is 0.333. The molecule has 0 aromatic rings. The summed E-state index contributed by atoms with van der Waals surface area (Å²) >= 11 is 0. The predicted octanol–water partition coefficient (Wildman–Crippen LogP) is 1.29. The summed E-state index contributed by atoms with van der Waals surface area (Å²) in [6, 6.07) is 0. The van der Waals surface area contributed by atoms with E-state index in [1.54, 1.807) is 13.0 Å². The topological polar surface area (TPSA) is 26.3 Å². The van der Waals surface area contributed by atoms with Gasteiger partial charge in [-0.25, -0.2) is 0 Å². The van der Waals surface area contributed by atoms with Crippen LogP contribution >= 0.6 is 0 Å². The van der Waals surface area contributed by atoms with Gasteiger partial charge in [-0.05, 0) is 13.8 Å². The van der Waals surface area contributed by atoms with Crippen LogP contribution in [0.15, 0.2) is 12.3 Å². The third-order valence-corrected chi connectivity index (χ3v) is 0.540. The van der Waals surface area contributed by atoms with Gasteiger partial charge in [0.2, 0.25) is 0 Å². The molecule has 2 heteroatoms. The lowest BCUT2D eigenvalue weighted by atomic mass is 10.5. The molecule has 0 aromatic carbocycles. The Morgan fingerprint density at radius 2 is 2.50 bits per heavy atom. The highest BCUT2D eigenvalue weighted by atomic mass is 16.5. The maximum absolute atomic E-state index is 10.2.